The number of pyridine rings is 1. The smallest absolute Gasteiger partial charge is 0.119 e. The van der Waals surface area contributed by atoms with Crippen molar-refractivity contribution in [2.45, 2.75) is 25.7 Å². The first kappa shape index (κ1) is 18.7. The molecule has 0 bridgehead atoms. The maximum atomic E-state index is 5.93. The molecule has 0 radical (unpaired) electrons. The molecule has 1 fully saturated rings. The van der Waals surface area contributed by atoms with Crippen LogP contribution in [0.5, 0.6) is 5.75 Å². The van der Waals surface area contributed by atoms with Crippen molar-refractivity contribution >= 4 is 0 Å². The van der Waals surface area contributed by atoms with E-state index in [1.165, 1.54) is 37.2 Å². The summed E-state index contributed by atoms with van der Waals surface area (Å²) in [5, 5.41) is 0. The molecule has 0 saturated carbocycles. The van der Waals surface area contributed by atoms with Gasteiger partial charge in [0.2, 0.25) is 0 Å². The molecular formula is C23H28N4O. The number of aromatic nitrogens is 3. The van der Waals surface area contributed by atoms with Crippen LogP contribution in [-0.4, -0.2) is 46.1 Å². The third-order valence-electron chi connectivity index (χ3n) is 5.51. The molecule has 0 aliphatic carbocycles. The first-order valence-corrected chi connectivity index (χ1v) is 10.2. The molecule has 1 aliphatic heterocycles. The van der Waals surface area contributed by atoms with E-state index in [-0.39, 0.29) is 0 Å². The highest BCUT2D eigenvalue weighted by atomic mass is 16.5. The van der Waals surface area contributed by atoms with Gasteiger partial charge in [-0.05, 0) is 74.0 Å². The SMILES string of the molecule is c1cncc(-c2ccc(OCCCN3CCC(Cc4cnc[nH]4)CC3)cc2)c1. The fourth-order valence-corrected chi connectivity index (χ4v) is 3.88. The molecule has 28 heavy (non-hydrogen) atoms. The second kappa shape index (κ2) is 9.51. The molecular weight excluding hydrogens is 348 g/mol. The number of H-pyrrole nitrogens is 1. The Morgan fingerprint density at radius 2 is 1.86 bits per heavy atom. The lowest BCUT2D eigenvalue weighted by atomic mass is 9.92. The number of imidazole rings is 1. The van der Waals surface area contributed by atoms with Crippen molar-refractivity contribution in [3.05, 3.63) is 67.0 Å². The second-order valence-electron chi connectivity index (χ2n) is 7.53. The average Bonchev–Trinajstić information content (AvgIpc) is 3.27. The summed E-state index contributed by atoms with van der Waals surface area (Å²) >= 11 is 0. The Balaban J connectivity index is 1.14. The topological polar surface area (TPSA) is 54.0 Å². The Bertz CT molecular complexity index is 810. The van der Waals surface area contributed by atoms with Gasteiger partial charge in [-0.2, -0.15) is 0 Å². The number of benzene rings is 1. The molecule has 146 valence electrons. The van der Waals surface area contributed by atoms with Gasteiger partial charge < -0.3 is 14.6 Å². The third-order valence-corrected chi connectivity index (χ3v) is 5.51. The lowest BCUT2D eigenvalue weighted by Gasteiger charge is -2.31. The number of ether oxygens (including phenoxy) is 1. The Morgan fingerprint density at radius 1 is 1.00 bits per heavy atom. The predicted octanol–water partition coefficient (Wildman–Crippen LogP) is 4.20. The van der Waals surface area contributed by atoms with Crippen LogP contribution in [-0.2, 0) is 6.42 Å². The average molecular weight is 377 g/mol. The molecule has 3 aromatic rings. The van der Waals surface area contributed by atoms with Crippen LogP contribution in [0.25, 0.3) is 11.1 Å². The van der Waals surface area contributed by atoms with Gasteiger partial charge in [0.1, 0.15) is 5.75 Å². The number of aromatic amines is 1. The summed E-state index contributed by atoms with van der Waals surface area (Å²) in [5.41, 5.74) is 3.56. The second-order valence-corrected chi connectivity index (χ2v) is 7.53. The molecule has 0 unspecified atom stereocenters. The molecule has 0 amide bonds. The van der Waals surface area contributed by atoms with Crippen molar-refractivity contribution in [1.82, 2.24) is 19.9 Å². The van der Waals surface area contributed by atoms with E-state index >= 15 is 0 Å². The van der Waals surface area contributed by atoms with Crippen molar-refractivity contribution in [3.8, 4) is 16.9 Å². The summed E-state index contributed by atoms with van der Waals surface area (Å²) in [6.07, 6.45) is 12.1. The van der Waals surface area contributed by atoms with Gasteiger partial charge in [-0.15, -0.1) is 0 Å². The van der Waals surface area contributed by atoms with Crippen molar-refractivity contribution in [1.29, 1.82) is 0 Å². The van der Waals surface area contributed by atoms with Crippen LogP contribution in [0.3, 0.4) is 0 Å². The first-order chi connectivity index (χ1) is 13.9. The van der Waals surface area contributed by atoms with E-state index in [1.54, 1.807) is 12.5 Å². The Labute approximate surface area is 166 Å². The summed E-state index contributed by atoms with van der Waals surface area (Å²) in [5.74, 6) is 1.72. The Morgan fingerprint density at radius 3 is 2.57 bits per heavy atom. The lowest BCUT2D eigenvalue weighted by molar-refractivity contribution is 0.170. The number of nitrogens with zero attached hydrogens (tertiary/aromatic N) is 3. The summed E-state index contributed by atoms with van der Waals surface area (Å²) < 4.78 is 5.93. The number of piperidine rings is 1. The minimum absolute atomic E-state index is 0.764. The van der Waals surface area contributed by atoms with Gasteiger partial charge >= 0.3 is 0 Å². The van der Waals surface area contributed by atoms with E-state index in [0.29, 0.717) is 0 Å². The van der Waals surface area contributed by atoms with Gasteiger partial charge in [0, 0.05) is 30.8 Å². The summed E-state index contributed by atoms with van der Waals surface area (Å²) in [7, 11) is 0. The largest absolute Gasteiger partial charge is 0.494 e. The highest BCUT2D eigenvalue weighted by Crippen LogP contribution is 2.22. The highest BCUT2D eigenvalue weighted by molar-refractivity contribution is 5.62. The van der Waals surface area contributed by atoms with E-state index in [2.05, 4.69) is 38.1 Å². The number of rotatable bonds is 8. The van der Waals surface area contributed by atoms with Crippen LogP contribution in [0.2, 0.25) is 0 Å². The number of nitrogens with one attached hydrogen (secondary N) is 1. The van der Waals surface area contributed by atoms with E-state index in [0.717, 1.165) is 43.2 Å². The van der Waals surface area contributed by atoms with E-state index < -0.39 is 0 Å². The summed E-state index contributed by atoms with van der Waals surface area (Å²) in [4.78, 5) is 14.1. The lowest BCUT2D eigenvalue weighted by Crippen LogP contribution is -2.35. The van der Waals surface area contributed by atoms with E-state index in [4.69, 9.17) is 4.74 Å². The van der Waals surface area contributed by atoms with E-state index in [1.807, 2.05) is 30.6 Å². The molecule has 5 nitrogen and oxygen atoms in total. The quantitative estimate of drug-likeness (QED) is 0.599. The fourth-order valence-electron chi connectivity index (χ4n) is 3.88. The standard InChI is InChI=1S/C23H28N4O/c1-3-21(16-24-10-1)20-4-6-23(7-5-20)28-14-2-11-27-12-8-19(9-13-27)15-22-17-25-18-26-22/h1,3-7,10,16-19H,2,8-9,11-15H2,(H,25,26). The summed E-state index contributed by atoms with van der Waals surface area (Å²) in [6, 6.07) is 12.3. The van der Waals surface area contributed by atoms with E-state index in [9.17, 15) is 0 Å². The van der Waals surface area contributed by atoms with Crippen molar-refractivity contribution in [3.63, 3.8) is 0 Å². The molecule has 5 heteroatoms. The molecule has 3 heterocycles. The maximum Gasteiger partial charge on any atom is 0.119 e. The molecule has 1 saturated heterocycles. The van der Waals surface area contributed by atoms with Crippen LogP contribution in [0, 0.1) is 5.92 Å². The number of likely N-dealkylation sites (tertiary alicyclic amines) is 1. The predicted molar refractivity (Wildman–Crippen MR) is 111 cm³/mol. The van der Waals surface area contributed by atoms with Crippen molar-refractivity contribution in [2.24, 2.45) is 5.92 Å². The van der Waals surface area contributed by atoms with Crippen LogP contribution in [0.4, 0.5) is 0 Å². The monoisotopic (exact) mass is 376 g/mol. The van der Waals surface area contributed by atoms with Crippen molar-refractivity contribution < 1.29 is 4.74 Å². The van der Waals surface area contributed by atoms with Gasteiger partial charge in [-0.1, -0.05) is 18.2 Å². The third kappa shape index (κ3) is 5.20. The minimum Gasteiger partial charge on any atom is -0.494 e. The molecule has 1 N–H and O–H groups in total. The summed E-state index contributed by atoms with van der Waals surface area (Å²) in [6.45, 7) is 4.27. The first-order valence-electron chi connectivity index (χ1n) is 10.2. The maximum absolute atomic E-state index is 5.93. The van der Waals surface area contributed by atoms with Gasteiger partial charge in [-0.25, -0.2) is 4.98 Å². The van der Waals surface area contributed by atoms with Gasteiger partial charge in [0.15, 0.2) is 0 Å². The van der Waals surface area contributed by atoms with Crippen LogP contribution >= 0.6 is 0 Å². The van der Waals surface area contributed by atoms with Crippen molar-refractivity contribution in [2.75, 3.05) is 26.2 Å². The minimum atomic E-state index is 0.764. The zero-order valence-electron chi connectivity index (χ0n) is 16.3. The Hall–Kier alpha value is -2.66. The van der Waals surface area contributed by atoms with Gasteiger partial charge in [0.05, 0.1) is 12.9 Å². The zero-order chi connectivity index (χ0) is 19.0. The number of hydrogen-bond acceptors (Lipinski definition) is 4. The zero-order valence-corrected chi connectivity index (χ0v) is 16.3. The van der Waals surface area contributed by atoms with Gasteiger partial charge in [0.25, 0.3) is 0 Å². The van der Waals surface area contributed by atoms with Crippen LogP contribution in [0.15, 0.2) is 61.3 Å². The molecule has 0 atom stereocenters. The van der Waals surface area contributed by atoms with Crippen LogP contribution < -0.4 is 4.74 Å². The molecule has 1 aromatic carbocycles. The molecule has 2 aromatic heterocycles. The molecule has 1 aliphatic rings. The molecule has 4 rings (SSSR count). The van der Waals surface area contributed by atoms with Gasteiger partial charge in [-0.3, -0.25) is 4.98 Å². The number of hydrogen-bond donors (Lipinski definition) is 1. The Kier molecular flexibility index (Phi) is 6.35. The molecule has 0 spiro atoms. The fraction of sp³-hybridized carbons (Fsp3) is 0.391. The highest BCUT2D eigenvalue weighted by Gasteiger charge is 2.19. The normalized spacial score (nSPS) is 15.6. The van der Waals surface area contributed by atoms with Crippen LogP contribution in [0.1, 0.15) is 25.0 Å².